The Morgan fingerprint density at radius 2 is 1.60 bits per heavy atom. The van der Waals surface area contributed by atoms with Gasteiger partial charge in [-0.2, -0.15) is 6.92 Å². The fraction of sp³-hybridized carbons (Fsp3) is 0.500. The topological polar surface area (TPSA) is 15.7 Å². The van der Waals surface area contributed by atoms with Crippen LogP contribution in [0.25, 0.3) is 0 Å². The zero-order valence-corrected chi connectivity index (χ0v) is 20.3. The first kappa shape index (κ1) is 24.4. The molecule has 0 saturated carbocycles. The molecule has 1 aromatic carbocycles. The summed E-state index contributed by atoms with van der Waals surface area (Å²) in [6.45, 7) is 18.9. The Balaban J connectivity index is 0.00000134. The molecule has 1 heterocycles. The van der Waals surface area contributed by atoms with E-state index >= 15 is 0 Å². The van der Waals surface area contributed by atoms with Gasteiger partial charge in [0.05, 0.1) is 12.3 Å². The van der Waals surface area contributed by atoms with E-state index in [2.05, 4.69) is 76.8 Å². The van der Waals surface area contributed by atoms with Crippen molar-refractivity contribution >= 4 is 15.4 Å². The molecule has 5 heteroatoms. The average molecular weight is 416 g/mol. The van der Waals surface area contributed by atoms with Crippen molar-refractivity contribution in [3.8, 4) is 0 Å². The normalized spacial score (nSPS) is 13.0. The Labute approximate surface area is 169 Å². The number of anilines is 1. The van der Waals surface area contributed by atoms with Crippen molar-refractivity contribution in [2.24, 2.45) is 0 Å². The summed E-state index contributed by atoms with van der Waals surface area (Å²) in [4.78, 5) is 4.17. The van der Waals surface area contributed by atoms with Gasteiger partial charge in [0.2, 0.25) is 6.67 Å². The van der Waals surface area contributed by atoms with E-state index in [1.54, 1.807) is 14.0 Å². The van der Waals surface area contributed by atoms with Gasteiger partial charge < -0.3 is 21.5 Å². The second kappa shape index (κ2) is 13.6. The quantitative estimate of drug-likeness (QED) is 0.437. The number of ether oxygens (including phenoxy) is 1. The molecule has 0 saturated heterocycles. The van der Waals surface area contributed by atoms with E-state index in [1.807, 2.05) is 4.90 Å². The van der Waals surface area contributed by atoms with Crippen molar-refractivity contribution in [2.75, 3.05) is 25.2 Å². The van der Waals surface area contributed by atoms with E-state index < -0.39 is 0 Å². The van der Waals surface area contributed by atoms with Gasteiger partial charge in [-0.25, -0.2) is 0 Å². The SMILES string of the molecule is COCCN1[C]N(c2c(C(C)C)cccc2C(C)C)C=C1.[CH2-]C.[Cl][Zn+]. The first-order valence-corrected chi connectivity index (χ1v) is 12.5. The summed E-state index contributed by atoms with van der Waals surface area (Å²) in [6, 6.07) is 6.61. The summed E-state index contributed by atoms with van der Waals surface area (Å²) in [5.41, 5.74) is 4.01. The molecule has 1 aromatic rings. The number of rotatable bonds is 6. The van der Waals surface area contributed by atoms with Gasteiger partial charge >= 0.3 is 27.0 Å². The van der Waals surface area contributed by atoms with Crippen LogP contribution in [0.2, 0.25) is 0 Å². The number of halogens is 1. The molecule has 0 amide bonds. The van der Waals surface area contributed by atoms with Gasteiger partial charge in [0.15, 0.2) is 0 Å². The van der Waals surface area contributed by atoms with Crippen LogP contribution in [-0.2, 0) is 22.0 Å². The van der Waals surface area contributed by atoms with E-state index in [4.69, 9.17) is 14.4 Å². The predicted molar refractivity (Wildman–Crippen MR) is 105 cm³/mol. The van der Waals surface area contributed by atoms with Gasteiger partial charge in [0, 0.05) is 26.1 Å². The van der Waals surface area contributed by atoms with E-state index in [1.165, 1.54) is 16.8 Å². The molecular formula is C20H31ClN2OZn. The van der Waals surface area contributed by atoms with Crippen LogP contribution in [0.5, 0.6) is 0 Å². The molecule has 0 fully saturated rings. The summed E-state index contributed by atoms with van der Waals surface area (Å²) >= 11 is 0.847. The summed E-state index contributed by atoms with van der Waals surface area (Å²) < 4.78 is 5.13. The van der Waals surface area contributed by atoms with Crippen molar-refractivity contribution in [1.29, 1.82) is 0 Å². The molecule has 0 N–H and O–H groups in total. The Morgan fingerprint density at radius 1 is 1.08 bits per heavy atom. The van der Waals surface area contributed by atoms with E-state index in [0.717, 1.165) is 23.9 Å². The Hall–Kier alpha value is -0.567. The van der Waals surface area contributed by atoms with Gasteiger partial charge in [0.25, 0.3) is 0 Å². The van der Waals surface area contributed by atoms with Gasteiger partial charge in [-0.05, 0) is 23.0 Å². The number of para-hydroxylation sites is 1. The zero-order valence-electron chi connectivity index (χ0n) is 16.6. The number of hydrogen-bond acceptors (Lipinski definition) is 3. The standard InChI is InChI=1S/C18H26N2O.C2H5.ClH.Zn/c1-14(2)16-7-6-8-17(15(3)4)18(16)20-10-9-19(13-20)11-12-21-5;1-2;;/h6-10,14-15H,11-12H2,1-5H3;1H2,2H3;1H;/q;-1;;+2/p-1. The molecule has 2 rings (SSSR count). The molecule has 1 aliphatic heterocycles. The van der Waals surface area contributed by atoms with Crippen LogP contribution in [0.1, 0.15) is 57.6 Å². The molecule has 0 spiro atoms. The maximum atomic E-state index is 5.13. The summed E-state index contributed by atoms with van der Waals surface area (Å²) in [5, 5.41) is 0. The molecule has 0 bridgehead atoms. The van der Waals surface area contributed by atoms with E-state index in [9.17, 15) is 0 Å². The molecule has 25 heavy (non-hydrogen) atoms. The minimum atomic E-state index is 0.488. The number of methoxy groups -OCH3 is 1. The average Bonchev–Trinajstić information content (AvgIpc) is 3.11. The molecule has 0 aromatic heterocycles. The maximum absolute atomic E-state index is 5.13. The molecule has 2 radical (unpaired) electrons. The second-order valence-corrected chi connectivity index (χ2v) is 6.05. The molecule has 3 nitrogen and oxygen atoms in total. The molecule has 1 aliphatic rings. The van der Waals surface area contributed by atoms with Crippen molar-refractivity contribution in [1.82, 2.24) is 4.90 Å². The third kappa shape index (κ3) is 7.29. The van der Waals surface area contributed by atoms with E-state index in [-0.39, 0.29) is 0 Å². The Morgan fingerprint density at radius 3 is 2.04 bits per heavy atom. The van der Waals surface area contributed by atoms with Crippen LogP contribution < -0.4 is 4.90 Å². The van der Waals surface area contributed by atoms with Crippen LogP contribution in [0.4, 0.5) is 5.69 Å². The van der Waals surface area contributed by atoms with Gasteiger partial charge in [-0.3, -0.25) is 0 Å². The fourth-order valence-electron chi connectivity index (χ4n) is 2.58. The van der Waals surface area contributed by atoms with Crippen LogP contribution in [0.15, 0.2) is 30.6 Å². The van der Waals surface area contributed by atoms with Gasteiger partial charge in [-0.15, -0.1) is 0 Å². The summed E-state index contributed by atoms with van der Waals surface area (Å²) in [5.74, 6) is 0.976. The van der Waals surface area contributed by atoms with Crippen molar-refractivity contribution in [2.45, 2.75) is 46.5 Å². The van der Waals surface area contributed by atoms with E-state index in [0.29, 0.717) is 18.4 Å². The first-order chi connectivity index (χ1) is 12.0. The van der Waals surface area contributed by atoms with Crippen LogP contribution >= 0.6 is 9.69 Å². The fourth-order valence-corrected chi connectivity index (χ4v) is 2.58. The summed E-state index contributed by atoms with van der Waals surface area (Å²) in [6.07, 6.45) is 4.14. The third-order valence-electron chi connectivity index (χ3n) is 3.75. The molecule has 0 unspecified atom stereocenters. The molecule has 0 aliphatic carbocycles. The molecular weight excluding hydrogens is 385 g/mol. The van der Waals surface area contributed by atoms with Crippen molar-refractivity contribution in [3.63, 3.8) is 0 Å². The monoisotopic (exact) mass is 414 g/mol. The minimum absolute atomic E-state index is 0.488. The Kier molecular flexibility index (Phi) is 13.3. The van der Waals surface area contributed by atoms with Crippen LogP contribution in [-0.4, -0.2) is 25.2 Å². The third-order valence-corrected chi connectivity index (χ3v) is 3.75. The predicted octanol–water partition coefficient (Wildman–Crippen LogP) is 5.70. The first-order valence-electron chi connectivity index (χ1n) is 8.64. The zero-order chi connectivity index (χ0) is 19.4. The summed E-state index contributed by atoms with van der Waals surface area (Å²) in [7, 11) is 6.49. The van der Waals surface area contributed by atoms with Crippen molar-refractivity contribution < 1.29 is 22.0 Å². The van der Waals surface area contributed by atoms with Crippen LogP contribution in [0, 0.1) is 13.6 Å². The number of hydrogen-bond donors (Lipinski definition) is 0. The van der Waals surface area contributed by atoms with Gasteiger partial charge in [0.1, 0.15) is 0 Å². The number of benzene rings is 1. The second-order valence-electron chi connectivity index (χ2n) is 6.05. The molecule has 136 valence electrons. The van der Waals surface area contributed by atoms with Gasteiger partial charge in [-0.1, -0.05) is 45.9 Å². The number of nitrogens with zero attached hydrogens (tertiary/aromatic N) is 2. The Bertz CT molecular complexity index is 480. The van der Waals surface area contributed by atoms with Crippen molar-refractivity contribution in [3.05, 3.63) is 55.3 Å². The van der Waals surface area contributed by atoms with Crippen LogP contribution in [0.3, 0.4) is 0 Å². The molecule has 0 atom stereocenters.